The van der Waals surface area contributed by atoms with Gasteiger partial charge in [0.15, 0.2) is 6.10 Å². The maximum atomic E-state index is 11.9. The lowest BCUT2D eigenvalue weighted by Gasteiger charge is -2.18. The second kappa shape index (κ2) is 9.67. The standard InChI is InChI=1S/C17H28O2/c1-6-8-10-12-14-15(13-11-9-7-2)19-16(18)17(3,4)5/h11,13,15H,6-10H2,1-5H3/b13-11+. The number of hydrogen-bond donors (Lipinski definition) is 0. The lowest BCUT2D eigenvalue weighted by atomic mass is 9.97. The average Bonchev–Trinajstić information content (AvgIpc) is 2.33. The van der Waals surface area contributed by atoms with Crippen LogP contribution in [0.4, 0.5) is 0 Å². The molecule has 0 bridgehead atoms. The minimum absolute atomic E-state index is 0.205. The first-order valence-corrected chi connectivity index (χ1v) is 7.28. The maximum absolute atomic E-state index is 11.9. The Morgan fingerprint density at radius 3 is 2.47 bits per heavy atom. The van der Waals surface area contributed by atoms with Crippen LogP contribution in [0.3, 0.4) is 0 Å². The number of carbonyl (C=O) groups is 1. The lowest BCUT2D eigenvalue weighted by molar-refractivity contribution is -0.154. The lowest BCUT2D eigenvalue weighted by Crippen LogP contribution is -2.26. The monoisotopic (exact) mass is 264 g/mol. The van der Waals surface area contributed by atoms with Crippen molar-refractivity contribution in [2.75, 3.05) is 0 Å². The molecule has 0 aromatic heterocycles. The van der Waals surface area contributed by atoms with Crippen LogP contribution in [0.25, 0.3) is 0 Å². The van der Waals surface area contributed by atoms with Crippen LogP contribution in [0.2, 0.25) is 0 Å². The van der Waals surface area contributed by atoms with Crippen molar-refractivity contribution in [1.82, 2.24) is 0 Å². The van der Waals surface area contributed by atoms with Gasteiger partial charge in [0, 0.05) is 6.42 Å². The van der Waals surface area contributed by atoms with Crippen LogP contribution in [-0.2, 0) is 9.53 Å². The average molecular weight is 264 g/mol. The highest BCUT2D eigenvalue weighted by atomic mass is 16.5. The number of unbranched alkanes of at least 4 members (excludes halogenated alkanes) is 3. The third-order valence-electron chi connectivity index (χ3n) is 2.51. The van der Waals surface area contributed by atoms with Gasteiger partial charge in [-0.15, -0.1) is 0 Å². The van der Waals surface area contributed by atoms with Crippen molar-refractivity contribution in [3.8, 4) is 11.8 Å². The fourth-order valence-electron chi connectivity index (χ4n) is 1.23. The van der Waals surface area contributed by atoms with Crippen LogP contribution in [0.1, 0.15) is 66.7 Å². The molecule has 0 aliphatic heterocycles. The molecule has 0 N–H and O–H groups in total. The highest BCUT2D eigenvalue weighted by Gasteiger charge is 2.24. The number of carbonyl (C=O) groups excluding carboxylic acids is 1. The molecule has 0 amide bonds. The Kier molecular flexibility index (Phi) is 9.04. The molecule has 0 radical (unpaired) electrons. The predicted molar refractivity (Wildman–Crippen MR) is 80.7 cm³/mol. The molecule has 0 aliphatic carbocycles. The van der Waals surface area contributed by atoms with E-state index in [-0.39, 0.29) is 5.97 Å². The highest BCUT2D eigenvalue weighted by Crippen LogP contribution is 2.16. The van der Waals surface area contributed by atoms with Crippen molar-refractivity contribution in [2.24, 2.45) is 5.41 Å². The van der Waals surface area contributed by atoms with Gasteiger partial charge in [0.1, 0.15) is 0 Å². The van der Waals surface area contributed by atoms with E-state index in [2.05, 4.69) is 25.7 Å². The third-order valence-corrected chi connectivity index (χ3v) is 2.51. The summed E-state index contributed by atoms with van der Waals surface area (Å²) in [5, 5.41) is 0. The Balaban J connectivity index is 4.57. The Bertz CT molecular complexity index is 336. The van der Waals surface area contributed by atoms with Gasteiger partial charge in [0.2, 0.25) is 0 Å². The molecule has 1 atom stereocenters. The number of allylic oxidation sites excluding steroid dienone is 1. The van der Waals surface area contributed by atoms with Crippen LogP contribution in [0.15, 0.2) is 12.2 Å². The van der Waals surface area contributed by atoms with Gasteiger partial charge >= 0.3 is 5.97 Å². The Labute approximate surface area is 118 Å². The molecule has 0 saturated heterocycles. The zero-order valence-electron chi connectivity index (χ0n) is 13.1. The van der Waals surface area contributed by atoms with Gasteiger partial charge in [0.25, 0.3) is 0 Å². The Morgan fingerprint density at radius 1 is 1.26 bits per heavy atom. The molecule has 2 heteroatoms. The minimum Gasteiger partial charge on any atom is -0.444 e. The normalized spacial score (nSPS) is 12.9. The van der Waals surface area contributed by atoms with Gasteiger partial charge in [-0.25, -0.2) is 0 Å². The molecule has 0 heterocycles. The van der Waals surface area contributed by atoms with Crippen molar-refractivity contribution >= 4 is 5.97 Å². The summed E-state index contributed by atoms with van der Waals surface area (Å²) in [4.78, 5) is 11.9. The summed E-state index contributed by atoms with van der Waals surface area (Å²) in [5.41, 5.74) is -0.484. The number of esters is 1. The second-order valence-electron chi connectivity index (χ2n) is 5.72. The molecular weight excluding hydrogens is 236 g/mol. The smallest absolute Gasteiger partial charge is 0.312 e. The van der Waals surface area contributed by atoms with Crippen LogP contribution >= 0.6 is 0 Å². The van der Waals surface area contributed by atoms with Crippen LogP contribution in [0, 0.1) is 17.3 Å². The summed E-state index contributed by atoms with van der Waals surface area (Å²) < 4.78 is 5.44. The fourth-order valence-corrected chi connectivity index (χ4v) is 1.23. The molecule has 0 aliphatic rings. The van der Waals surface area contributed by atoms with Gasteiger partial charge < -0.3 is 4.74 Å². The molecule has 0 rings (SSSR count). The summed E-state index contributed by atoms with van der Waals surface area (Å²) in [6, 6.07) is 0. The molecule has 0 saturated carbocycles. The maximum Gasteiger partial charge on any atom is 0.312 e. The van der Waals surface area contributed by atoms with E-state index < -0.39 is 11.5 Å². The van der Waals surface area contributed by atoms with E-state index in [0.717, 1.165) is 32.1 Å². The molecule has 0 aromatic rings. The number of rotatable bonds is 6. The largest absolute Gasteiger partial charge is 0.444 e. The van der Waals surface area contributed by atoms with E-state index in [1.54, 1.807) is 0 Å². The van der Waals surface area contributed by atoms with Gasteiger partial charge in [-0.1, -0.05) is 44.6 Å². The van der Waals surface area contributed by atoms with Gasteiger partial charge in [-0.3, -0.25) is 4.79 Å². The quantitative estimate of drug-likeness (QED) is 0.306. The van der Waals surface area contributed by atoms with Crippen molar-refractivity contribution < 1.29 is 9.53 Å². The topological polar surface area (TPSA) is 26.3 Å². The Hall–Kier alpha value is -1.23. The van der Waals surface area contributed by atoms with Gasteiger partial charge in [-0.2, -0.15) is 0 Å². The molecule has 19 heavy (non-hydrogen) atoms. The van der Waals surface area contributed by atoms with E-state index in [1.165, 1.54) is 0 Å². The van der Waals surface area contributed by atoms with E-state index in [0.29, 0.717) is 0 Å². The summed E-state index contributed by atoms with van der Waals surface area (Å²) in [7, 11) is 0. The first-order valence-electron chi connectivity index (χ1n) is 7.28. The van der Waals surface area contributed by atoms with Crippen LogP contribution in [0.5, 0.6) is 0 Å². The highest BCUT2D eigenvalue weighted by molar-refractivity contribution is 5.75. The van der Waals surface area contributed by atoms with Gasteiger partial charge in [0.05, 0.1) is 5.41 Å². The molecule has 1 unspecified atom stereocenters. The number of hydrogen-bond acceptors (Lipinski definition) is 2. The second-order valence-corrected chi connectivity index (χ2v) is 5.72. The Morgan fingerprint density at radius 2 is 1.95 bits per heavy atom. The SMILES string of the molecule is CCC/C=C/C(C#CCCCC)OC(=O)C(C)(C)C. The zero-order valence-corrected chi connectivity index (χ0v) is 13.1. The van der Waals surface area contributed by atoms with Crippen molar-refractivity contribution in [2.45, 2.75) is 72.8 Å². The van der Waals surface area contributed by atoms with Crippen molar-refractivity contribution in [3.63, 3.8) is 0 Å². The van der Waals surface area contributed by atoms with E-state index in [1.807, 2.05) is 32.9 Å². The summed E-state index contributed by atoms with van der Waals surface area (Å²) in [5.74, 6) is 5.92. The summed E-state index contributed by atoms with van der Waals surface area (Å²) in [6.45, 7) is 9.82. The molecule has 0 spiro atoms. The van der Waals surface area contributed by atoms with E-state index in [9.17, 15) is 4.79 Å². The van der Waals surface area contributed by atoms with Crippen molar-refractivity contribution in [1.29, 1.82) is 0 Å². The first-order chi connectivity index (χ1) is 8.91. The number of ether oxygens (including phenoxy) is 1. The minimum atomic E-state index is -0.484. The van der Waals surface area contributed by atoms with E-state index >= 15 is 0 Å². The summed E-state index contributed by atoms with van der Waals surface area (Å²) >= 11 is 0. The first kappa shape index (κ1) is 17.8. The fraction of sp³-hybridized carbons (Fsp3) is 0.706. The van der Waals surface area contributed by atoms with Gasteiger partial charge in [-0.05, 0) is 39.7 Å². The third kappa shape index (κ3) is 9.36. The molecule has 108 valence electrons. The molecule has 0 aromatic carbocycles. The van der Waals surface area contributed by atoms with E-state index in [4.69, 9.17) is 4.74 Å². The predicted octanol–water partition coefficient (Wildman–Crippen LogP) is 4.49. The van der Waals surface area contributed by atoms with Crippen molar-refractivity contribution in [3.05, 3.63) is 12.2 Å². The molecular formula is C17H28O2. The van der Waals surface area contributed by atoms with Crippen LogP contribution < -0.4 is 0 Å². The van der Waals surface area contributed by atoms with Crippen LogP contribution in [-0.4, -0.2) is 12.1 Å². The zero-order chi connectivity index (χ0) is 14.7. The molecule has 2 nitrogen and oxygen atoms in total. The summed E-state index contributed by atoms with van der Waals surface area (Å²) in [6.07, 6.45) is 8.68. The molecule has 0 fully saturated rings.